The number of ether oxygens (including phenoxy) is 1. The summed E-state index contributed by atoms with van der Waals surface area (Å²) in [6.45, 7) is 5.92. The number of para-hydroxylation sites is 1. The second kappa shape index (κ2) is 10.6. The molecule has 2 amide bonds. The van der Waals surface area contributed by atoms with Crippen molar-refractivity contribution in [2.75, 3.05) is 16.8 Å². The molecule has 3 rings (SSSR count). The van der Waals surface area contributed by atoms with E-state index in [1.54, 1.807) is 23.2 Å². The second-order valence-electron chi connectivity index (χ2n) is 8.19. The van der Waals surface area contributed by atoms with Crippen LogP contribution in [0.3, 0.4) is 0 Å². The Kier molecular flexibility index (Phi) is 7.84. The summed E-state index contributed by atoms with van der Waals surface area (Å²) in [5, 5.41) is 2.92. The first kappa shape index (κ1) is 23.7. The summed E-state index contributed by atoms with van der Waals surface area (Å²) in [6.07, 6.45) is 1.74. The first-order chi connectivity index (χ1) is 15.2. The lowest BCUT2D eigenvalue weighted by molar-refractivity contribution is 0.0580. The maximum absolute atomic E-state index is 12.8. The maximum atomic E-state index is 12.8. The van der Waals surface area contributed by atoms with Crippen LogP contribution >= 0.6 is 22.6 Å². The van der Waals surface area contributed by atoms with Gasteiger partial charge < -0.3 is 10.1 Å². The Morgan fingerprint density at radius 1 is 1.03 bits per heavy atom. The lowest BCUT2D eigenvalue weighted by atomic mass is 10.2. The van der Waals surface area contributed by atoms with Crippen LogP contribution in [0.4, 0.5) is 16.2 Å². The van der Waals surface area contributed by atoms with Gasteiger partial charge in [-0.1, -0.05) is 30.3 Å². The summed E-state index contributed by atoms with van der Waals surface area (Å²) < 4.78 is 6.47. The van der Waals surface area contributed by atoms with Gasteiger partial charge in [-0.2, -0.15) is 0 Å². The molecule has 2 aromatic carbocycles. The van der Waals surface area contributed by atoms with Gasteiger partial charge in [0.15, 0.2) is 0 Å². The van der Waals surface area contributed by atoms with Crippen LogP contribution in [0.2, 0.25) is 0 Å². The molecule has 7 heteroatoms. The van der Waals surface area contributed by atoms with E-state index in [2.05, 4.69) is 32.9 Å². The van der Waals surface area contributed by atoms with E-state index in [0.29, 0.717) is 24.2 Å². The number of hydrogen-bond acceptors (Lipinski definition) is 4. The Morgan fingerprint density at radius 2 is 1.72 bits per heavy atom. The molecule has 0 fully saturated rings. The van der Waals surface area contributed by atoms with Crippen molar-refractivity contribution >= 4 is 46.0 Å². The third-order valence-corrected chi connectivity index (χ3v) is 5.41. The van der Waals surface area contributed by atoms with Gasteiger partial charge in [0.1, 0.15) is 5.60 Å². The van der Waals surface area contributed by atoms with Crippen molar-refractivity contribution in [1.29, 1.82) is 0 Å². The molecule has 0 unspecified atom stereocenters. The highest BCUT2D eigenvalue weighted by atomic mass is 127. The predicted molar refractivity (Wildman–Crippen MR) is 135 cm³/mol. The molecule has 0 spiro atoms. The standard InChI is InChI=1S/C25H26IN3O3/c1-25(2,3)32-24(31)29(20-9-5-4-6-10-20)16-14-18-17-19(13-15-27-18)28-23(30)21-11-7-8-12-22(21)26/h4-13,15,17H,14,16H2,1-3H3,(H,27,28,30). The van der Waals surface area contributed by atoms with Gasteiger partial charge in [0.2, 0.25) is 0 Å². The van der Waals surface area contributed by atoms with Gasteiger partial charge in [-0.3, -0.25) is 14.7 Å². The normalized spacial score (nSPS) is 11.0. The molecular weight excluding hydrogens is 517 g/mol. The van der Waals surface area contributed by atoms with E-state index in [1.165, 1.54) is 0 Å². The molecule has 0 bridgehead atoms. The number of benzene rings is 2. The van der Waals surface area contributed by atoms with Crippen LogP contribution in [0, 0.1) is 3.57 Å². The third-order valence-electron chi connectivity index (χ3n) is 4.47. The van der Waals surface area contributed by atoms with Crippen molar-refractivity contribution in [3.8, 4) is 0 Å². The Balaban J connectivity index is 1.72. The number of pyridine rings is 1. The molecular formula is C25H26IN3O3. The lowest BCUT2D eigenvalue weighted by Crippen LogP contribution is -2.38. The van der Waals surface area contributed by atoms with Gasteiger partial charge in [-0.05, 0) is 79.8 Å². The highest BCUT2D eigenvalue weighted by Gasteiger charge is 2.23. The summed E-state index contributed by atoms with van der Waals surface area (Å²) in [7, 11) is 0. The van der Waals surface area contributed by atoms with Crippen molar-refractivity contribution in [2.45, 2.75) is 32.8 Å². The summed E-state index contributed by atoms with van der Waals surface area (Å²) in [4.78, 5) is 31.4. The van der Waals surface area contributed by atoms with Crippen molar-refractivity contribution in [3.63, 3.8) is 0 Å². The first-order valence-corrected chi connectivity index (χ1v) is 11.4. The molecule has 1 heterocycles. The molecule has 1 N–H and O–H groups in total. The number of aromatic nitrogens is 1. The Labute approximate surface area is 202 Å². The Morgan fingerprint density at radius 3 is 2.41 bits per heavy atom. The summed E-state index contributed by atoms with van der Waals surface area (Å²) >= 11 is 2.14. The smallest absolute Gasteiger partial charge is 0.414 e. The van der Waals surface area contributed by atoms with Crippen molar-refractivity contribution in [1.82, 2.24) is 4.98 Å². The van der Waals surface area contributed by atoms with Crippen molar-refractivity contribution in [3.05, 3.63) is 87.8 Å². The molecule has 3 aromatic rings. The molecule has 166 valence electrons. The Hall–Kier alpha value is -2.94. The van der Waals surface area contributed by atoms with Crippen LogP contribution in [0.25, 0.3) is 0 Å². The van der Waals surface area contributed by atoms with E-state index in [1.807, 2.05) is 75.4 Å². The molecule has 6 nitrogen and oxygen atoms in total. The van der Waals surface area contributed by atoms with Gasteiger partial charge in [-0.25, -0.2) is 4.79 Å². The number of amides is 2. The van der Waals surface area contributed by atoms with Gasteiger partial charge in [-0.15, -0.1) is 0 Å². The highest BCUT2D eigenvalue weighted by Crippen LogP contribution is 2.20. The summed E-state index contributed by atoms with van der Waals surface area (Å²) in [5.41, 5.74) is 2.19. The van der Waals surface area contributed by atoms with E-state index in [0.717, 1.165) is 15.0 Å². The number of anilines is 2. The molecule has 0 aliphatic carbocycles. The van der Waals surface area contributed by atoms with Crippen LogP contribution < -0.4 is 10.2 Å². The quantitative estimate of drug-likeness (QED) is 0.392. The summed E-state index contributed by atoms with van der Waals surface area (Å²) in [5.74, 6) is -0.174. The molecule has 0 saturated heterocycles. The Bertz CT molecular complexity index is 1080. The molecule has 0 aliphatic heterocycles. The van der Waals surface area contributed by atoms with Crippen LogP contribution in [0.5, 0.6) is 0 Å². The fraction of sp³-hybridized carbons (Fsp3) is 0.240. The third kappa shape index (κ3) is 6.78. The SMILES string of the molecule is CC(C)(C)OC(=O)N(CCc1cc(NC(=O)c2ccccc2I)ccn1)c1ccccc1. The van der Waals surface area contributed by atoms with Crippen molar-refractivity contribution < 1.29 is 14.3 Å². The highest BCUT2D eigenvalue weighted by molar-refractivity contribution is 14.1. The molecule has 0 saturated carbocycles. The van der Waals surface area contributed by atoms with E-state index in [-0.39, 0.29) is 5.91 Å². The zero-order chi connectivity index (χ0) is 23.1. The van der Waals surface area contributed by atoms with Crippen LogP contribution in [0.1, 0.15) is 36.8 Å². The average molecular weight is 543 g/mol. The number of hydrogen-bond donors (Lipinski definition) is 1. The minimum atomic E-state index is -0.596. The molecule has 0 aliphatic rings. The molecule has 1 aromatic heterocycles. The van der Waals surface area contributed by atoms with Crippen LogP contribution in [-0.4, -0.2) is 29.1 Å². The fourth-order valence-corrected chi connectivity index (χ4v) is 3.65. The predicted octanol–water partition coefficient (Wildman–Crippen LogP) is 5.92. The monoisotopic (exact) mass is 543 g/mol. The molecule has 0 atom stereocenters. The van der Waals surface area contributed by atoms with Crippen LogP contribution in [0.15, 0.2) is 72.9 Å². The van der Waals surface area contributed by atoms with Crippen LogP contribution in [-0.2, 0) is 11.2 Å². The minimum absolute atomic E-state index is 0.174. The van der Waals surface area contributed by atoms with E-state index >= 15 is 0 Å². The topological polar surface area (TPSA) is 71.5 Å². The lowest BCUT2D eigenvalue weighted by Gasteiger charge is -2.27. The molecule has 32 heavy (non-hydrogen) atoms. The van der Waals surface area contributed by atoms with Gasteiger partial charge in [0.05, 0.1) is 5.56 Å². The minimum Gasteiger partial charge on any atom is -0.443 e. The zero-order valence-electron chi connectivity index (χ0n) is 18.3. The first-order valence-electron chi connectivity index (χ1n) is 10.3. The number of carbonyl (C=O) groups is 2. The van der Waals surface area contributed by atoms with Gasteiger partial charge in [0.25, 0.3) is 5.91 Å². The summed E-state index contributed by atoms with van der Waals surface area (Å²) in [6, 6.07) is 20.4. The maximum Gasteiger partial charge on any atom is 0.414 e. The van der Waals surface area contributed by atoms with Gasteiger partial charge >= 0.3 is 6.09 Å². The van der Waals surface area contributed by atoms with E-state index in [9.17, 15) is 9.59 Å². The van der Waals surface area contributed by atoms with Gasteiger partial charge in [0, 0.05) is 39.8 Å². The average Bonchev–Trinajstić information content (AvgIpc) is 2.74. The molecule has 0 radical (unpaired) electrons. The number of halogens is 1. The van der Waals surface area contributed by atoms with Crippen molar-refractivity contribution in [2.24, 2.45) is 0 Å². The zero-order valence-corrected chi connectivity index (χ0v) is 20.5. The van der Waals surface area contributed by atoms with E-state index in [4.69, 9.17) is 4.74 Å². The number of nitrogens with zero attached hydrogens (tertiary/aromatic N) is 2. The second-order valence-corrected chi connectivity index (χ2v) is 9.35. The largest absolute Gasteiger partial charge is 0.443 e. The van der Waals surface area contributed by atoms with E-state index < -0.39 is 11.7 Å². The number of rotatable bonds is 6. The number of nitrogens with one attached hydrogen (secondary N) is 1. The number of carbonyl (C=O) groups excluding carboxylic acids is 2. The fourth-order valence-electron chi connectivity index (χ4n) is 3.01.